The van der Waals surface area contributed by atoms with Crippen LogP contribution in [0.25, 0.3) is 0 Å². The van der Waals surface area contributed by atoms with Gasteiger partial charge in [0.05, 0.1) is 6.54 Å². The quantitative estimate of drug-likeness (QED) is 0.461. The van der Waals surface area contributed by atoms with E-state index in [4.69, 9.17) is 22.1 Å². The molecule has 0 aliphatic rings. The van der Waals surface area contributed by atoms with E-state index in [2.05, 4.69) is 0 Å². The smallest absolute Gasteiger partial charge is 0.289 e. The van der Waals surface area contributed by atoms with Gasteiger partial charge in [0.1, 0.15) is 12.3 Å². The van der Waals surface area contributed by atoms with E-state index in [-0.39, 0.29) is 0 Å². The summed E-state index contributed by atoms with van der Waals surface area (Å²) >= 11 is 6.10. The van der Waals surface area contributed by atoms with Gasteiger partial charge in [-0.25, -0.2) is 0 Å². The number of hydrogen-bond acceptors (Lipinski definition) is 5. The first-order valence-electron chi connectivity index (χ1n) is 10.9. The van der Waals surface area contributed by atoms with E-state index in [9.17, 15) is 14.4 Å². The van der Waals surface area contributed by atoms with Gasteiger partial charge in [-0.1, -0.05) is 54.1 Å². The molecule has 0 aliphatic heterocycles. The molecule has 9 heteroatoms. The first-order valence-corrected chi connectivity index (χ1v) is 11.3. The molecule has 0 radical (unpaired) electrons. The fourth-order valence-electron chi connectivity index (χ4n) is 3.32. The van der Waals surface area contributed by atoms with Gasteiger partial charge in [-0.05, 0) is 42.5 Å². The Balaban J connectivity index is 1.95. The number of likely N-dealkylation sites (N-methyl/N-ethyl adjacent to an activating group) is 2. The van der Waals surface area contributed by atoms with Gasteiger partial charge in [-0.3, -0.25) is 19.3 Å². The third-order valence-electron chi connectivity index (χ3n) is 5.33. The molecule has 3 rings (SSSR count). The molecule has 8 nitrogen and oxygen atoms in total. The molecule has 0 saturated carbocycles. The van der Waals surface area contributed by atoms with Crippen molar-refractivity contribution in [2.24, 2.45) is 5.73 Å². The van der Waals surface area contributed by atoms with E-state index in [0.717, 1.165) is 4.90 Å². The highest BCUT2D eigenvalue weighted by molar-refractivity contribution is 6.30. The van der Waals surface area contributed by atoms with Crippen molar-refractivity contribution in [3.63, 3.8) is 0 Å². The summed E-state index contributed by atoms with van der Waals surface area (Å²) in [6.45, 7) is -0.834. The van der Waals surface area contributed by atoms with Gasteiger partial charge in [0.25, 0.3) is 12.1 Å². The van der Waals surface area contributed by atoms with Crippen molar-refractivity contribution in [2.45, 2.75) is 6.23 Å². The molecule has 0 spiro atoms. The average molecular weight is 495 g/mol. The minimum Gasteiger partial charge on any atom is -0.461 e. The highest BCUT2D eigenvalue weighted by Gasteiger charge is 2.36. The first kappa shape index (κ1) is 25.7. The molecule has 0 saturated heterocycles. The van der Waals surface area contributed by atoms with Crippen molar-refractivity contribution in [3.05, 3.63) is 90.0 Å². The van der Waals surface area contributed by atoms with Crippen molar-refractivity contribution in [1.82, 2.24) is 4.90 Å². The molecule has 182 valence electrons. The molecule has 0 heterocycles. The molecule has 3 aromatic rings. The maximum Gasteiger partial charge on any atom is 0.289 e. The Labute approximate surface area is 209 Å². The summed E-state index contributed by atoms with van der Waals surface area (Å²) in [7, 11) is 3.13. The molecule has 0 bridgehead atoms. The summed E-state index contributed by atoms with van der Waals surface area (Å²) < 4.78 is 5.98. The van der Waals surface area contributed by atoms with Gasteiger partial charge in [0.15, 0.2) is 0 Å². The lowest BCUT2D eigenvalue weighted by Crippen LogP contribution is -2.57. The van der Waals surface area contributed by atoms with Crippen LogP contribution in [0.5, 0.6) is 5.75 Å². The van der Waals surface area contributed by atoms with Gasteiger partial charge >= 0.3 is 0 Å². The number of hydrogen-bond donors (Lipinski definition) is 1. The molecule has 3 amide bonds. The van der Waals surface area contributed by atoms with E-state index in [1.54, 1.807) is 93.0 Å². The highest BCUT2D eigenvalue weighted by Crippen LogP contribution is 2.22. The Bertz CT molecular complexity index is 1160. The second kappa shape index (κ2) is 12.0. The van der Waals surface area contributed by atoms with Gasteiger partial charge in [-0.15, -0.1) is 0 Å². The Morgan fingerprint density at radius 2 is 1.43 bits per heavy atom. The Kier molecular flexibility index (Phi) is 8.83. The number of rotatable bonds is 9. The first-order chi connectivity index (χ1) is 16.8. The zero-order chi connectivity index (χ0) is 25.4. The fourth-order valence-corrected chi connectivity index (χ4v) is 3.50. The number of nitrogens with two attached hydrogens (primary N) is 1. The van der Waals surface area contributed by atoms with E-state index in [0.29, 0.717) is 22.1 Å². The van der Waals surface area contributed by atoms with Crippen LogP contribution in [0.4, 0.5) is 11.4 Å². The summed E-state index contributed by atoms with van der Waals surface area (Å²) in [4.78, 5) is 43.5. The molecule has 2 N–H and O–H groups in total. The normalized spacial score (nSPS) is 11.3. The number of carbonyl (C=O) groups is 3. The lowest BCUT2D eigenvalue weighted by molar-refractivity contribution is -0.150. The molecule has 1 atom stereocenters. The van der Waals surface area contributed by atoms with Crippen LogP contribution in [-0.2, 0) is 14.4 Å². The molecule has 3 aromatic carbocycles. The van der Waals surface area contributed by atoms with Crippen molar-refractivity contribution in [1.29, 1.82) is 0 Å². The van der Waals surface area contributed by atoms with Crippen LogP contribution >= 0.6 is 11.6 Å². The molecular weight excluding hydrogens is 468 g/mol. The monoisotopic (exact) mass is 494 g/mol. The zero-order valence-electron chi connectivity index (χ0n) is 19.5. The number of nitrogens with zero attached hydrogens (tertiary/aromatic N) is 3. The molecule has 0 aliphatic carbocycles. The topological polar surface area (TPSA) is 96.2 Å². The number of halogens is 1. The lowest BCUT2D eigenvalue weighted by Gasteiger charge is -2.33. The molecular formula is C26H27ClN4O4. The van der Waals surface area contributed by atoms with E-state index < -0.39 is 37.0 Å². The third-order valence-corrected chi connectivity index (χ3v) is 5.56. The van der Waals surface area contributed by atoms with Gasteiger partial charge in [-0.2, -0.15) is 0 Å². The molecule has 35 heavy (non-hydrogen) atoms. The minimum atomic E-state index is -1.45. The molecule has 0 fully saturated rings. The lowest BCUT2D eigenvalue weighted by atomic mass is 10.2. The largest absolute Gasteiger partial charge is 0.461 e. The second-order valence-corrected chi connectivity index (χ2v) is 8.11. The summed E-state index contributed by atoms with van der Waals surface area (Å²) in [5, 5.41) is 0.442. The van der Waals surface area contributed by atoms with Gasteiger partial charge in [0.2, 0.25) is 11.8 Å². The van der Waals surface area contributed by atoms with Crippen LogP contribution in [0, 0.1) is 0 Å². The Hall–Kier alpha value is -3.88. The number of carbonyl (C=O) groups excluding carboxylic acids is 3. The fraction of sp³-hybridized carbons (Fsp3) is 0.192. The van der Waals surface area contributed by atoms with Crippen molar-refractivity contribution in [3.8, 4) is 5.75 Å². The summed E-state index contributed by atoms with van der Waals surface area (Å²) in [6, 6.07) is 24.2. The van der Waals surface area contributed by atoms with Crippen LogP contribution in [0.1, 0.15) is 0 Å². The van der Waals surface area contributed by atoms with Crippen molar-refractivity contribution < 1.29 is 19.1 Å². The van der Waals surface area contributed by atoms with Crippen LogP contribution in [-0.4, -0.2) is 56.0 Å². The number of para-hydroxylation sites is 2. The van der Waals surface area contributed by atoms with Crippen molar-refractivity contribution >= 4 is 40.7 Å². The number of ether oxygens (including phenoxy) is 1. The number of anilines is 2. The summed E-state index contributed by atoms with van der Waals surface area (Å²) in [5.74, 6) is -1.26. The minimum absolute atomic E-state index is 0.351. The Morgan fingerprint density at radius 3 is 2.03 bits per heavy atom. The molecule has 0 aromatic heterocycles. The van der Waals surface area contributed by atoms with E-state index >= 15 is 0 Å². The molecule has 1 unspecified atom stereocenters. The maximum absolute atomic E-state index is 13.6. The number of benzene rings is 3. The highest BCUT2D eigenvalue weighted by atomic mass is 35.5. The number of amides is 3. The maximum atomic E-state index is 13.6. The van der Waals surface area contributed by atoms with Gasteiger partial charge in [0, 0.05) is 30.5 Å². The van der Waals surface area contributed by atoms with E-state index in [1.807, 2.05) is 6.07 Å². The predicted molar refractivity (Wildman–Crippen MR) is 136 cm³/mol. The third kappa shape index (κ3) is 6.59. The van der Waals surface area contributed by atoms with Crippen LogP contribution in [0.2, 0.25) is 5.02 Å². The van der Waals surface area contributed by atoms with E-state index in [1.165, 1.54) is 9.80 Å². The van der Waals surface area contributed by atoms with Crippen LogP contribution in [0.3, 0.4) is 0 Å². The second-order valence-electron chi connectivity index (χ2n) is 7.67. The van der Waals surface area contributed by atoms with Gasteiger partial charge < -0.3 is 20.3 Å². The average Bonchev–Trinajstić information content (AvgIpc) is 2.89. The predicted octanol–water partition coefficient (Wildman–Crippen LogP) is 3.16. The van der Waals surface area contributed by atoms with Crippen molar-refractivity contribution in [2.75, 3.05) is 37.0 Å². The Morgan fingerprint density at radius 1 is 0.829 bits per heavy atom. The zero-order valence-corrected chi connectivity index (χ0v) is 20.3. The SMILES string of the molecule is CN(C(=O)CN(C(=O)CN)C(Oc1ccccc1)C(=O)N(C)c1cccc(Cl)c1)c1ccccc1. The van der Waals surface area contributed by atoms with Crippen LogP contribution in [0.15, 0.2) is 84.9 Å². The van der Waals surface area contributed by atoms with Crippen LogP contribution < -0.4 is 20.3 Å². The standard InChI is InChI=1S/C26H27ClN4O4/c1-29(20-11-5-3-6-12-20)24(33)18-31(23(32)17-28)26(35-22-14-7-4-8-15-22)25(34)30(2)21-13-9-10-19(27)16-21/h3-16,26H,17-18,28H2,1-2H3. The summed E-state index contributed by atoms with van der Waals surface area (Å²) in [6.07, 6.45) is -1.45. The summed E-state index contributed by atoms with van der Waals surface area (Å²) in [5.41, 5.74) is 6.80.